The highest BCUT2D eigenvalue weighted by Crippen LogP contribution is 2.74. The zero-order chi connectivity index (χ0) is 67.0. The van der Waals surface area contributed by atoms with Crippen molar-refractivity contribution in [1.82, 2.24) is 20.6 Å². The highest BCUT2D eigenvalue weighted by Gasteiger charge is 2.74. The molecule has 8 aliphatic rings. The summed E-state index contributed by atoms with van der Waals surface area (Å²) in [5.74, 6) is -6.70. The summed E-state index contributed by atoms with van der Waals surface area (Å²) >= 11 is 24.9. The van der Waals surface area contributed by atoms with Gasteiger partial charge in [-0.05, 0) is 176 Å². The second-order valence-electron chi connectivity index (χ2n) is 28.4. The number of halogens is 6. The van der Waals surface area contributed by atoms with Crippen molar-refractivity contribution in [3.63, 3.8) is 0 Å². The molecule has 10 atom stereocenters. The predicted molar refractivity (Wildman–Crippen MR) is 349 cm³/mol. The second kappa shape index (κ2) is 28.3. The Morgan fingerprint density at radius 2 is 1.06 bits per heavy atom. The van der Waals surface area contributed by atoms with Crippen LogP contribution in [0.5, 0.6) is 0 Å². The van der Waals surface area contributed by atoms with E-state index in [0.717, 1.165) is 50.5 Å². The molecule has 24 heteroatoms. The summed E-state index contributed by atoms with van der Waals surface area (Å²) in [5.41, 5.74) is 5.12. The first-order chi connectivity index (χ1) is 44.2. The number of anilines is 2. The zero-order valence-corrected chi connectivity index (χ0v) is 56.5. The average molecular weight is 1370 g/mol. The molecule has 4 aliphatic heterocycles. The van der Waals surface area contributed by atoms with Crippen LogP contribution in [0.4, 0.5) is 20.2 Å². The number of hydrogen-bond acceptors (Lipinski definition) is 13. The molecule has 12 rings (SSSR count). The molecule has 6 fully saturated rings. The van der Waals surface area contributed by atoms with Crippen LogP contribution in [0.3, 0.4) is 0 Å². The number of carbonyl (C=O) groups is 6. The van der Waals surface area contributed by atoms with Crippen molar-refractivity contribution in [3.05, 3.63) is 115 Å². The summed E-state index contributed by atoms with van der Waals surface area (Å²) in [6.45, 7) is 11.5. The smallest absolute Gasteiger partial charge is 0.307 e. The fourth-order valence-electron chi connectivity index (χ4n) is 17.1. The number of methoxy groups -OCH3 is 2. The van der Waals surface area contributed by atoms with Crippen molar-refractivity contribution in [1.29, 1.82) is 0 Å². The third kappa shape index (κ3) is 13.5. The fourth-order valence-corrected chi connectivity index (χ4v) is 17.8. The lowest BCUT2D eigenvalue weighted by molar-refractivity contribution is -0.142. The van der Waals surface area contributed by atoms with Crippen LogP contribution in [-0.4, -0.2) is 122 Å². The van der Waals surface area contributed by atoms with Gasteiger partial charge in [-0.3, -0.25) is 28.8 Å². The van der Waals surface area contributed by atoms with Crippen LogP contribution in [-0.2, 0) is 58.5 Å². The minimum atomic E-state index is -1.25. The van der Waals surface area contributed by atoms with Crippen LogP contribution in [0.2, 0.25) is 20.4 Å². The van der Waals surface area contributed by atoms with Gasteiger partial charge in [-0.2, -0.15) is 0 Å². The number of ether oxygens (including phenoxy) is 4. The topological polar surface area (TPSA) is 259 Å². The molecule has 4 aromatic rings. The summed E-state index contributed by atoms with van der Waals surface area (Å²) < 4.78 is 52.6. The van der Waals surface area contributed by atoms with Crippen molar-refractivity contribution < 1.29 is 61.6 Å². The third-order valence-corrected chi connectivity index (χ3v) is 22.9. The predicted octanol–water partition coefficient (Wildman–Crippen LogP) is 12.1. The quantitative estimate of drug-likeness (QED) is 0.0507. The lowest BCUT2D eigenvalue weighted by Crippen LogP contribution is -2.52. The molecule has 0 radical (unpaired) electrons. The van der Waals surface area contributed by atoms with Gasteiger partial charge in [-0.25, -0.2) is 18.7 Å². The van der Waals surface area contributed by atoms with Gasteiger partial charge in [0.05, 0.1) is 43.2 Å². The van der Waals surface area contributed by atoms with E-state index in [9.17, 15) is 33.9 Å². The maximum Gasteiger partial charge on any atom is 0.307 e. The number of carboxylic acid groups (broad SMARTS) is 1. The van der Waals surface area contributed by atoms with Crippen molar-refractivity contribution >= 4 is 93.2 Å². The molecule has 4 aliphatic carbocycles. The van der Waals surface area contributed by atoms with Crippen LogP contribution in [0.15, 0.2) is 60.9 Å². The molecular formula is C69H85Cl4F2N7O11. The SMILES string of the molecule is CC1(C)CCC2(CC1)C[C@@H](C(=O)O)[C@H](c1ccnc(Cl)c1F)C21C(=O)Nc2cc(Cl)ccc21.COCCNC(=O)[C@@H]1CC[C@@H](CC(=O)[C@@H]2CC3(CCC(C)(C)CC3)[C@@]3(C(=O)Nc4cc(Cl)ccc43)[C@H]2c2ccnc(Cl)c2F)CO1.COCCNC(=O)[C@@H]1CC[C@@H](N)CO1. The first kappa shape index (κ1) is 70.4. The molecule has 1 unspecified atom stereocenters. The number of benzene rings is 2. The Morgan fingerprint density at radius 3 is 1.47 bits per heavy atom. The lowest BCUT2D eigenvalue weighted by atomic mass is 9.51. The maximum absolute atomic E-state index is 16.1. The van der Waals surface area contributed by atoms with Crippen molar-refractivity contribution in [2.24, 2.45) is 45.1 Å². The minimum Gasteiger partial charge on any atom is -0.481 e. The number of nitrogens with two attached hydrogens (primary N) is 1. The van der Waals surface area contributed by atoms with Gasteiger partial charge in [0.2, 0.25) is 23.6 Å². The molecular weight excluding hydrogens is 1280 g/mol. The van der Waals surface area contributed by atoms with Gasteiger partial charge in [-0.15, -0.1) is 0 Å². The fraction of sp³-hybridized carbons (Fsp3) is 0.594. The van der Waals surface area contributed by atoms with E-state index in [2.05, 4.69) is 58.9 Å². The van der Waals surface area contributed by atoms with E-state index in [1.165, 1.54) is 18.5 Å². The molecule has 6 heterocycles. The van der Waals surface area contributed by atoms with Crippen molar-refractivity contribution in [2.75, 3.05) is 64.4 Å². The standard InChI is InChI=1S/C35H42Cl2FN3O5.C25H25Cl2FN2O3.C9H18N2O3/c1-33(2)9-11-34(12-10-33)18-23(26(42)16-20-4-7-27(46-19-20)31(43)40-14-15-45-3)28(22-8-13-39-30(37)29(22)38)35(34)24-6-5-21(36)17-25(24)41-32(35)44;1-23(2)6-8-24(9-7-23)12-15(21(31)32)18(14-5-10-29-20(27)19(14)28)25(24)16-4-3-13(26)11-17(16)30-22(25)33;1-13-5-4-11-9(12)8-3-2-7(10)6-14-8/h5-6,8,13,17,20,23,27-28H,4,7,9-12,14-16,18-19H2,1-3H3,(H,40,43)(H,41,44);3-5,10-11,15,18H,6-9,12H2,1-2H3,(H,30,33)(H,31,32);7-8H,2-6,10H2,1H3,(H,11,12)/t20-,23-,27-,28-,35+;15-,18+,25?;7-,8+/m011/s1. The number of aromatic nitrogens is 2. The molecule has 2 saturated heterocycles. The monoisotopic (exact) mass is 1370 g/mol. The Balaban J connectivity index is 0.000000174. The van der Waals surface area contributed by atoms with Crippen LogP contribution < -0.4 is 27.0 Å². The number of amides is 4. The summed E-state index contributed by atoms with van der Waals surface area (Å²) in [5, 5.41) is 22.3. The molecule has 2 aromatic heterocycles. The summed E-state index contributed by atoms with van der Waals surface area (Å²) in [6.07, 6.45) is 11.9. The molecule has 7 N–H and O–H groups in total. The third-order valence-electron chi connectivity index (χ3n) is 21.9. The minimum absolute atomic E-state index is 0.0229. The van der Waals surface area contributed by atoms with E-state index in [1.54, 1.807) is 50.6 Å². The molecule has 504 valence electrons. The zero-order valence-electron chi connectivity index (χ0n) is 53.5. The molecule has 93 heavy (non-hydrogen) atoms. The number of pyridine rings is 2. The first-order valence-corrected chi connectivity index (χ1v) is 33.8. The number of fused-ring (bicyclic) bond motifs is 6. The summed E-state index contributed by atoms with van der Waals surface area (Å²) in [6, 6.07) is 13.7. The van der Waals surface area contributed by atoms with E-state index in [4.69, 9.17) is 71.1 Å². The van der Waals surface area contributed by atoms with Gasteiger partial charge in [0.15, 0.2) is 21.9 Å². The number of aliphatic carboxylic acids is 1. The normalized spacial score (nSPS) is 29.1. The number of Topliss-reactive ketones (excluding diaryl/α,β-unsaturated/α-hetero) is 1. The first-order valence-electron chi connectivity index (χ1n) is 32.3. The Morgan fingerprint density at radius 1 is 0.634 bits per heavy atom. The number of carbonyl (C=O) groups excluding carboxylic acids is 5. The van der Waals surface area contributed by atoms with Gasteiger partial charge >= 0.3 is 5.97 Å². The van der Waals surface area contributed by atoms with Crippen LogP contribution >= 0.6 is 46.4 Å². The molecule has 0 bridgehead atoms. The van der Waals surface area contributed by atoms with Gasteiger partial charge in [0.25, 0.3) is 0 Å². The van der Waals surface area contributed by atoms with E-state index in [0.29, 0.717) is 98.4 Å². The molecule has 4 amide bonds. The highest BCUT2D eigenvalue weighted by molar-refractivity contribution is 6.32. The van der Waals surface area contributed by atoms with Crippen LogP contribution in [0.25, 0.3) is 0 Å². The Hall–Kier alpha value is -5.42. The van der Waals surface area contributed by atoms with Gasteiger partial charge < -0.3 is 51.1 Å². The Bertz CT molecular complexity index is 3470. The van der Waals surface area contributed by atoms with Crippen molar-refractivity contribution in [2.45, 2.75) is 165 Å². The van der Waals surface area contributed by atoms with Crippen molar-refractivity contribution in [3.8, 4) is 0 Å². The largest absolute Gasteiger partial charge is 0.481 e. The van der Waals surface area contributed by atoms with E-state index < -0.39 is 69.0 Å². The number of rotatable bonds is 14. The van der Waals surface area contributed by atoms with Crippen LogP contribution in [0, 0.1) is 51.0 Å². The average Bonchev–Trinajstić information content (AvgIpc) is 1.52. The molecule has 4 spiro atoms. The molecule has 4 saturated carbocycles. The number of hydrogen-bond donors (Lipinski definition) is 6. The number of nitrogens with zero attached hydrogens (tertiary/aromatic N) is 2. The van der Waals surface area contributed by atoms with Gasteiger partial charge in [0, 0.05) is 91.3 Å². The Labute approximate surface area is 561 Å². The lowest BCUT2D eigenvalue weighted by Gasteiger charge is -2.51. The summed E-state index contributed by atoms with van der Waals surface area (Å²) in [7, 11) is 3.17. The van der Waals surface area contributed by atoms with E-state index in [-0.39, 0.29) is 99.2 Å². The number of carboxylic acids is 1. The highest BCUT2D eigenvalue weighted by atomic mass is 35.5. The van der Waals surface area contributed by atoms with E-state index in [1.807, 2.05) is 6.07 Å². The van der Waals surface area contributed by atoms with E-state index >= 15 is 8.78 Å². The molecule has 18 nitrogen and oxygen atoms in total. The number of nitrogens with one attached hydrogen (secondary N) is 4. The van der Waals surface area contributed by atoms with Crippen LogP contribution in [0.1, 0.15) is 158 Å². The second-order valence-corrected chi connectivity index (χ2v) is 30.0. The van der Waals surface area contributed by atoms with Gasteiger partial charge in [-0.1, -0.05) is 86.2 Å². The Kier molecular flexibility index (Phi) is 21.4. The maximum atomic E-state index is 16.1. The van der Waals surface area contributed by atoms with Gasteiger partial charge in [0.1, 0.15) is 18.0 Å². The summed E-state index contributed by atoms with van der Waals surface area (Å²) in [4.78, 5) is 87.6. The number of ketones is 1. The molecule has 2 aromatic carbocycles.